The van der Waals surface area contributed by atoms with Gasteiger partial charge in [-0.05, 0) is 30.5 Å². The Morgan fingerprint density at radius 3 is 2.74 bits per heavy atom. The number of benzene rings is 1. The van der Waals surface area contributed by atoms with Crippen LogP contribution in [0.15, 0.2) is 35.7 Å². The van der Waals surface area contributed by atoms with Gasteiger partial charge in [-0.1, -0.05) is 17.7 Å². The van der Waals surface area contributed by atoms with Crippen molar-refractivity contribution in [2.45, 2.75) is 18.9 Å². The molecule has 2 atom stereocenters. The van der Waals surface area contributed by atoms with Gasteiger partial charge in [0.05, 0.1) is 13.2 Å². The number of methoxy groups -OCH3 is 1. The zero-order valence-electron chi connectivity index (χ0n) is 11.2. The summed E-state index contributed by atoms with van der Waals surface area (Å²) < 4.78 is 5.34. The van der Waals surface area contributed by atoms with Gasteiger partial charge in [-0.2, -0.15) is 0 Å². The van der Waals surface area contributed by atoms with Crippen LogP contribution in [0.25, 0.3) is 0 Å². The summed E-state index contributed by atoms with van der Waals surface area (Å²) in [5.41, 5.74) is 7.73. The molecule has 0 radical (unpaired) electrons. The van der Waals surface area contributed by atoms with E-state index in [-0.39, 0.29) is 5.92 Å². The summed E-state index contributed by atoms with van der Waals surface area (Å²) in [6, 6.07) is 9.80. The lowest BCUT2D eigenvalue weighted by atomic mass is 9.93. The molecule has 0 fully saturated rings. The van der Waals surface area contributed by atoms with Crippen LogP contribution >= 0.6 is 11.3 Å². The lowest BCUT2D eigenvalue weighted by molar-refractivity contribution is 0.145. The van der Waals surface area contributed by atoms with Crippen molar-refractivity contribution < 1.29 is 9.84 Å². The summed E-state index contributed by atoms with van der Waals surface area (Å²) >= 11 is 1.62. The standard InChI is InChI=1S/C15H19NO2S/c1-10-5-6-13(18-2)11(8-10)15(17)12(9-16)14-4-3-7-19-14/h3-8,12,15,17H,9,16H2,1-2H3. The number of nitrogens with two attached hydrogens (primary N) is 1. The molecule has 1 aromatic heterocycles. The van der Waals surface area contributed by atoms with Crippen molar-refractivity contribution in [1.29, 1.82) is 0 Å². The Morgan fingerprint density at radius 1 is 1.37 bits per heavy atom. The van der Waals surface area contributed by atoms with Crippen LogP contribution in [0, 0.1) is 6.92 Å². The Labute approximate surface area is 117 Å². The fourth-order valence-corrected chi connectivity index (χ4v) is 3.08. The number of hydrogen-bond acceptors (Lipinski definition) is 4. The fraction of sp³-hybridized carbons (Fsp3) is 0.333. The number of thiophene rings is 1. The average molecular weight is 277 g/mol. The molecule has 0 aliphatic heterocycles. The van der Waals surface area contributed by atoms with Crippen LogP contribution < -0.4 is 10.5 Å². The first-order chi connectivity index (χ1) is 9.17. The first-order valence-electron chi connectivity index (χ1n) is 6.23. The molecule has 0 amide bonds. The first-order valence-corrected chi connectivity index (χ1v) is 7.11. The van der Waals surface area contributed by atoms with Crippen molar-refractivity contribution in [3.8, 4) is 5.75 Å². The SMILES string of the molecule is COc1ccc(C)cc1C(O)C(CN)c1cccs1. The number of aryl methyl sites for hydroxylation is 1. The molecule has 1 aromatic carbocycles. The molecule has 3 N–H and O–H groups in total. The maximum absolute atomic E-state index is 10.6. The van der Waals surface area contributed by atoms with Crippen molar-refractivity contribution in [3.63, 3.8) is 0 Å². The highest BCUT2D eigenvalue weighted by atomic mass is 32.1. The summed E-state index contributed by atoms with van der Waals surface area (Å²) in [5.74, 6) is 0.601. The van der Waals surface area contributed by atoms with E-state index >= 15 is 0 Å². The number of hydrogen-bond donors (Lipinski definition) is 2. The van der Waals surface area contributed by atoms with E-state index in [4.69, 9.17) is 10.5 Å². The van der Waals surface area contributed by atoms with Gasteiger partial charge >= 0.3 is 0 Å². The molecule has 1 heterocycles. The minimum Gasteiger partial charge on any atom is -0.496 e. The molecule has 2 rings (SSSR count). The second-order valence-electron chi connectivity index (χ2n) is 4.55. The summed E-state index contributed by atoms with van der Waals surface area (Å²) in [7, 11) is 1.61. The molecular formula is C15H19NO2S. The van der Waals surface area contributed by atoms with Crippen LogP contribution in [0.3, 0.4) is 0 Å². The van der Waals surface area contributed by atoms with Crippen LogP contribution in [0.5, 0.6) is 5.75 Å². The van der Waals surface area contributed by atoms with E-state index in [1.165, 1.54) is 0 Å². The maximum Gasteiger partial charge on any atom is 0.124 e. The van der Waals surface area contributed by atoms with Gasteiger partial charge in [0.15, 0.2) is 0 Å². The number of rotatable bonds is 5. The lowest BCUT2D eigenvalue weighted by Gasteiger charge is -2.23. The second kappa shape index (κ2) is 6.19. The van der Waals surface area contributed by atoms with E-state index in [0.717, 1.165) is 16.0 Å². The molecule has 19 heavy (non-hydrogen) atoms. The quantitative estimate of drug-likeness (QED) is 0.883. The zero-order chi connectivity index (χ0) is 13.8. The summed E-state index contributed by atoms with van der Waals surface area (Å²) in [5, 5.41) is 12.6. The lowest BCUT2D eigenvalue weighted by Crippen LogP contribution is -2.19. The monoisotopic (exact) mass is 277 g/mol. The van der Waals surface area contributed by atoms with Gasteiger partial charge in [-0.3, -0.25) is 0 Å². The molecule has 0 saturated heterocycles. The minimum absolute atomic E-state index is 0.101. The third-order valence-corrected chi connectivity index (χ3v) is 4.25. The molecule has 0 saturated carbocycles. The van der Waals surface area contributed by atoms with Crippen LogP contribution in [0.1, 0.15) is 28.0 Å². The number of ether oxygens (including phenoxy) is 1. The van der Waals surface area contributed by atoms with Crippen LogP contribution in [0.2, 0.25) is 0 Å². The Kier molecular flexibility index (Phi) is 4.58. The fourth-order valence-electron chi connectivity index (χ4n) is 2.20. The predicted octanol–water partition coefficient (Wildman–Crippen LogP) is 2.84. The number of aliphatic hydroxyl groups is 1. The third kappa shape index (κ3) is 2.97. The van der Waals surface area contributed by atoms with Gasteiger partial charge in [0.25, 0.3) is 0 Å². The van der Waals surface area contributed by atoms with E-state index in [1.807, 2.05) is 42.6 Å². The first kappa shape index (κ1) is 14.1. The van der Waals surface area contributed by atoms with E-state index in [1.54, 1.807) is 18.4 Å². The molecule has 0 bridgehead atoms. The van der Waals surface area contributed by atoms with Gasteiger partial charge in [-0.15, -0.1) is 11.3 Å². The molecular weight excluding hydrogens is 258 g/mol. The third-order valence-electron chi connectivity index (χ3n) is 3.25. The smallest absolute Gasteiger partial charge is 0.124 e. The number of aliphatic hydroxyl groups excluding tert-OH is 1. The Balaban J connectivity index is 2.37. The van der Waals surface area contributed by atoms with E-state index in [9.17, 15) is 5.11 Å². The highest BCUT2D eigenvalue weighted by molar-refractivity contribution is 7.10. The van der Waals surface area contributed by atoms with Crippen LogP contribution in [0.4, 0.5) is 0 Å². The van der Waals surface area contributed by atoms with Crippen molar-refractivity contribution in [1.82, 2.24) is 0 Å². The Bertz CT molecular complexity index is 525. The molecule has 102 valence electrons. The average Bonchev–Trinajstić information content (AvgIpc) is 2.93. The molecule has 2 aromatic rings. The molecule has 0 aliphatic rings. The van der Waals surface area contributed by atoms with Gasteiger partial charge in [0, 0.05) is 22.9 Å². The zero-order valence-corrected chi connectivity index (χ0v) is 12.0. The molecule has 0 spiro atoms. The largest absolute Gasteiger partial charge is 0.496 e. The Morgan fingerprint density at radius 2 is 2.16 bits per heavy atom. The van der Waals surface area contributed by atoms with Gasteiger partial charge < -0.3 is 15.6 Å². The highest BCUT2D eigenvalue weighted by Crippen LogP contribution is 2.37. The van der Waals surface area contributed by atoms with Crippen LogP contribution in [-0.4, -0.2) is 18.8 Å². The van der Waals surface area contributed by atoms with Gasteiger partial charge in [0.1, 0.15) is 5.75 Å². The molecule has 0 aliphatic carbocycles. The predicted molar refractivity (Wildman–Crippen MR) is 78.8 cm³/mol. The maximum atomic E-state index is 10.6. The molecule has 4 heteroatoms. The van der Waals surface area contributed by atoms with E-state index in [2.05, 4.69) is 0 Å². The van der Waals surface area contributed by atoms with Crippen molar-refractivity contribution in [3.05, 3.63) is 51.7 Å². The van der Waals surface area contributed by atoms with Crippen LogP contribution in [-0.2, 0) is 0 Å². The van der Waals surface area contributed by atoms with Crippen molar-refractivity contribution in [2.24, 2.45) is 5.73 Å². The second-order valence-corrected chi connectivity index (χ2v) is 5.53. The van der Waals surface area contributed by atoms with E-state index < -0.39 is 6.10 Å². The van der Waals surface area contributed by atoms with E-state index in [0.29, 0.717) is 12.3 Å². The van der Waals surface area contributed by atoms with Crippen molar-refractivity contribution in [2.75, 3.05) is 13.7 Å². The summed E-state index contributed by atoms with van der Waals surface area (Å²) in [4.78, 5) is 1.10. The topological polar surface area (TPSA) is 55.5 Å². The highest BCUT2D eigenvalue weighted by Gasteiger charge is 2.25. The summed E-state index contributed by atoms with van der Waals surface area (Å²) in [6.45, 7) is 2.40. The normalized spacial score (nSPS) is 14.1. The van der Waals surface area contributed by atoms with Gasteiger partial charge in [0.2, 0.25) is 0 Å². The minimum atomic E-state index is -0.654. The molecule has 3 nitrogen and oxygen atoms in total. The molecule has 2 unspecified atom stereocenters. The Hall–Kier alpha value is -1.36. The van der Waals surface area contributed by atoms with Crippen molar-refractivity contribution >= 4 is 11.3 Å². The summed E-state index contributed by atoms with van der Waals surface area (Å²) in [6.07, 6.45) is -0.654. The van der Waals surface area contributed by atoms with Gasteiger partial charge in [-0.25, -0.2) is 0 Å².